The van der Waals surface area contributed by atoms with Gasteiger partial charge in [-0.25, -0.2) is 0 Å². The normalized spacial score (nSPS) is 25.8. The first-order valence-electron chi connectivity index (χ1n) is 10.3. The lowest BCUT2D eigenvalue weighted by Crippen LogP contribution is -2.51. The molecule has 3 heteroatoms. The van der Waals surface area contributed by atoms with E-state index in [1.54, 1.807) is 0 Å². The molecule has 1 fully saturated rings. The predicted octanol–water partition coefficient (Wildman–Crippen LogP) is 4.89. The Kier molecular flexibility index (Phi) is 6.10. The van der Waals surface area contributed by atoms with Crippen LogP contribution in [-0.4, -0.2) is 23.1 Å². The van der Waals surface area contributed by atoms with Crippen molar-refractivity contribution < 1.29 is 14.9 Å². The second-order valence-electron chi connectivity index (χ2n) is 7.88. The van der Waals surface area contributed by atoms with Crippen LogP contribution in [-0.2, 0) is 4.74 Å². The number of aliphatic hydroxyl groups is 2. The fourth-order valence-corrected chi connectivity index (χ4v) is 4.85. The second-order valence-corrected chi connectivity index (χ2v) is 7.88. The molecule has 4 rings (SSSR count). The monoisotopic (exact) mass is 388 g/mol. The minimum Gasteiger partial charge on any atom is -0.396 e. The molecule has 1 aliphatic carbocycles. The molecule has 0 radical (unpaired) electrons. The van der Waals surface area contributed by atoms with Gasteiger partial charge in [0.1, 0.15) is 0 Å². The Hall–Kier alpha value is -2.46. The molecule has 3 aromatic carbocycles. The average molecular weight is 389 g/mol. The second kappa shape index (κ2) is 8.91. The van der Waals surface area contributed by atoms with E-state index in [9.17, 15) is 10.2 Å². The van der Waals surface area contributed by atoms with Crippen LogP contribution < -0.4 is 0 Å². The summed E-state index contributed by atoms with van der Waals surface area (Å²) >= 11 is 0. The van der Waals surface area contributed by atoms with Crippen molar-refractivity contribution in [2.45, 2.75) is 31.2 Å². The van der Waals surface area contributed by atoms with Crippen LogP contribution in [0.15, 0.2) is 91.0 Å². The topological polar surface area (TPSA) is 49.7 Å². The Morgan fingerprint density at radius 1 is 0.759 bits per heavy atom. The van der Waals surface area contributed by atoms with Gasteiger partial charge in [0.15, 0.2) is 6.29 Å². The van der Waals surface area contributed by atoms with Crippen molar-refractivity contribution in [3.05, 3.63) is 108 Å². The van der Waals surface area contributed by atoms with E-state index in [1.807, 2.05) is 73.7 Å². The molecular weight excluding hydrogens is 360 g/mol. The van der Waals surface area contributed by atoms with Gasteiger partial charge in [0, 0.05) is 12.5 Å². The summed E-state index contributed by atoms with van der Waals surface area (Å²) in [7, 11) is 0. The Bertz CT molecular complexity index is 834. The van der Waals surface area contributed by atoms with E-state index in [1.165, 1.54) is 0 Å². The molecule has 0 spiro atoms. The van der Waals surface area contributed by atoms with Crippen LogP contribution >= 0.6 is 0 Å². The van der Waals surface area contributed by atoms with Crippen molar-refractivity contribution in [3.63, 3.8) is 0 Å². The van der Waals surface area contributed by atoms with Gasteiger partial charge in [0.05, 0.1) is 6.10 Å². The van der Waals surface area contributed by atoms with E-state index < -0.39 is 6.29 Å². The zero-order chi connectivity index (χ0) is 20.2. The van der Waals surface area contributed by atoms with Crippen LogP contribution in [0.5, 0.6) is 0 Å². The molecule has 1 aliphatic rings. The molecule has 0 bridgehead atoms. The Balaban J connectivity index is 1.63. The van der Waals surface area contributed by atoms with Gasteiger partial charge in [-0.05, 0) is 41.4 Å². The number of aliphatic hydroxyl groups excluding tert-OH is 2. The van der Waals surface area contributed by atoms with Gasteiger partial charge >= 0.3 is 0 Å². The maximum atomic E-state index is 11.2. The van der Waals surface area contributed by atoms with E-state index in [-0.39, 0.29) is 36.4 Å². The van der Waals surface area contributed by atoms with Crippen molar-refractivity contribution in [3.8, 4) is 0 Å². The minimum atomic E-state index is -0.927. The molecule has 1 saturated carbocycles. The van der Waals surface area contributed by atoms with Crippen LogP contribution in [0.1, 0.15) is 41.6 Å². The third-order valence-corrected chi connectivity index (χ3v) is 6.27. The molecule has 4 atom stereocenters. The summed E-state index contributed by atoms with van der Waals surface area (Å²) in [6.45, 7) is 2.05. The average Bonchev–Trinajstić information content (AvgIpc) is 2.75. The first-order valence-corrected chi connectivity index (χ1v) is 10.3. The largest absolute Gasteiger partial charge is 0.396 e. The van der Waals surface area contributed by atoms with E-state index in [2.05, 4.69) is 24.3 Å². The van der Waals surface area contributed by atoms with Crippen molar-refractivity contribution in [2.75, 3.05) is 6.61 Å². The summed E-state index contributed by atoms with van der Waals surface area (Å²) in [5.41, 5.74) is 3.31. The lowest BCUT2D eigenvalue weighted by molar-refractivity contribution is -0.204. The number of benzene rings is 3. The highest BCUT2D eigenvalue weighted by molar-refractivity contribution is 5.34. The van der Waals surface area contributed by atoms with Gasteiger partial charge < -0.3 is 14.9 Å². The lowest BCUT2D eigenvalue weighted by Gasteiger charge is -2.54. The Morgan fingerprint density at radius 3 is 1.66 bits per heavy atom. The van der Waals surface area contributed by atoms with Crippen molar-refractivity contribution >= 4 is 0 Å². The number of hydrogen-bond donors (Lipinski definition) is 2. The Labute approximate surface area is 172 Å². The van der Waals surface area contributed by atoms with Crippen LogP contribution in [0.25, 0.3) is 0 Å². The molecule has 0 aromatic heterocycles. The quantitative estimate of drug-likeness (QED) is 0.567. The zero-order valence-corrected chi connectivity index (χ0v) is 16.6. The predicted molar refractivity (Wildman–Crippen MR) is 114 cm³/mol. The maximum Gasteiger partial charge on any atom is 0.159 e. The molecule has 0 aliphatic heterocycles. The molecule has 0 amide bonds. The minimum absolute atomic E-state index is 0.0457. The number of hydrogen-bond acceptors (Lipinski definition) is 3. The van der Waals surface area contributed by atoms with Crippen LogP contribution in [0.3, 0.4) is 0 Å². The van der Waals surface area contributed by atoms with E-state index in [0.717, 1.165) is 16.7 Å². The van der Waals surface area contributed by atoms with E-state index in [4.69, 9.17) is 4.74 Å². The molecule has 150 valence electrons. The summed E-state index contributed by atoms with van der Waals surface area (Å²) in [6, 6.07) is 30.3. The summed E-state index contributed by atoms with van der Waals surface area (Å²) in [4.78, 5) is 0. The van der Waals surface area contributed by atoms with Crippen molar-refractivity contribution in [1.82, 2.24) is 0 Å². The lowest BCUT2D eigenvalue weighted by atomic mass is 9.52. The first kappa shape index (κ1) is 19.8. The highest BCUT2D eigenvalue weighted by Crippen LogP contribution is 2.59. The van der Waals surface area contributed by atoms with E-state index in [0.29, 0.717) is 0 Å². The summed E-state index contributed by atoms with van der Waals surface area (Å²) in [6.07, 6.45) is -1.14. The standard InChI is InChI=1S/C26H28O3/c1-18(19-11-5-2-6-12-19)29-26(28)25-23(20-13-7-3-8-14-20)22(17-27)24(25)21-15-9-4-10-16-21/h2-16,18,22-28H,17H2,1H3/t18-,22-,23+,24+,25+,26?/m0/s1. The highest BCUT2D eigenvalue weighted by Gasteiger charge is 2.54. The van der Waals surface area contributed by atoms with Crippen LogP contribution in [0.2, 0.25) is 0 Å². The number of rotatable bonds is 7. The van der Waals surface area contributed by atoms with Crippen molar-refractivity contribution in [1.29, 1.82) is 0 Å². The van der Waals surface area contributed by atoms with Gasteiger partial charge in [-0.2, -0.15) is 0 Å². The molecule has 0 heterocycles. The van der Waals surface area contributed by atoms with Crippen LogP contribution in [0, 0.1) is 11.8 Å². The molecule has 2 N–H and O–H groups in total. The van der Waals surface area contributed by atoms with Gasteiger partial charge in [-0.3, -0.25) is 0 Å². The van der Waals surface area contributed by atoms with E-state index >= 15 is 0 Å². The maximum absolute atomic E-state index is 11.2. The molecular formula is C26H28O3. The Morgan fingerprint density at radius 2 is 1.21 bits per heavy atom. The SMILES string of the molecule is C[C@H](OC(O)[C@H]1[C@H](c2ccccc2)[C@@H](CO)[C@H]1c1ccccc1)c1ccccc1. The number of ether oxygens (including phenoxy) is 1. The molecule has 0 saturated heterocycles. The smallest absolute Gasteiger partial charge is 0.159 e. The molecule has 3 nitrogen and oxygen atoms in total. The fourth-order valence-electron chi connectivity index (χ4n) is 4.85. The van der Waals surface area contributed by atoms with Gasteiger partial charge in [0.25, 0.3) is 0 Å². The van der Waals surface area contributed by atoms with Gasteiger partial charge in [-0.15, -0.1) is 0 Å². The molecule has 29 heavy (non-hydrogen) atoms. The van der Waals surface area contributed by atoms with Gasteiger partial charge in [-0.1, -0.05) is 91.0 Å². The first-order chi connectivity index (χ1) is 14.2. The molecule has 1 unspecified atom stereocenters. The highest BCUT2D eigenvalue weighted by atomic mass is 16.6. The van der Waals surface area contributed by atoms with Crippen LogP contribution in [0.4, 0.5) is 0 Å². The third kappa shape index (κ3) is 3.99. The summed E-state index contributed by atoms with van der Waals surface area (Å²) < 4.78 is 6.11. The zero-order valence-electron chi connectivity index (χ0n) is 16.6. The summed E-state index contributed by atoms with van der Waals surface area (Å²) in [5, 5.41) is 21.4. The van der Waals surface area contributed by atoms with Gasteiger partial charge in [0.2, 0.25) is 0 Å². The summed E-state index contributed by atoms with van der Waals surface area (Å²) in [5.74, 6) is 0.0203. The fraction of sp³-hybridized carbons (Fsp3) is 0.308. The third-order valence-electron chi connectivity index (χ3n) is 6.27. The van der Waals surface area contributed by atoms with Crippen molar-refractivity contribution in [2.24, 2.45) is 11.8 Å². The molecule has 3 aromatic rings.